The van der Waals surface area contributed by atoms with Crippen LogP contribution in [0.4, 0.5) is 0 Å². The minimum Gasteiger partial charge on any atom is -0.451 e. The molecule has 6 heteroatoms. The number of nitrogens with one attached hydrogen (secondary N) is 1. The molecule has 0 saturated carbocycles. The predicted molar refractivity (Wildman–Crippen MR) is 81.7 cm³/mol. The van der Waals surface area contributed by atoms with Crippen LogP contribution in [0.2, 0.25) is 0 Å². The molecule has 0 aliphatic carbocycles. The van der Waals surface area contributed by atoms with Crippen molar-refractivity contribution in [2.24, 2.45) is 11.7 Å². The van der Waals surface area contributed by atoms with Gasteiger partial charge >= 0.3 is 0 Å². The van der Waals surface area contributed by atoms with E-state index >= 15 is 0 Å². The number of hydrogen-bond acceptors (Lipinski definition) is 3. The van der Waals surface area contributed by atoms with Gasteiger partial charge in [0.25, 0.3) is 5.91 Å². The molecular weight excluding hydrogens is 332 g/mol. The lowest BCUT2D eigenvalue weighted by Crippen LogP contribution is -2.30. The van der Waals surface area contributed by atoms with Crippen LogP contribution in [0.15, 0.2) is 33.2 Å². The highest BCUT2D eigenvalue weighted by Gasteiger charge is 2.12. The molecule has 1 atom stereocenters. The molecule has 1 aromatic heterocycles. The van der Waals surface area contributed by atoms with Crippen molar-refractivity contribution in [2.45, 2.75) is 6.92 Å². The summed E-state index contributed by atoms with van der Waals surface area (Å²) in [7, 11) is 0. The van der Waals surface area contributed by atoms with Crippen molar-refractivity contribution < 1.29 is 9.21 Å². The molecule has 0 aliphatic heterocycles. The van der Waals surface area contributed by atoms with Gasteiger partial charge in [0.05, 0.1) is 0 Å². The molecule has 19 heavy (non-hydrogen) atoms. The molecule has 0 fully saturated rings. The highest BCUT2D eigenvalue weighted by molar-refractivity contribution is 9.10. The third-order valence-corrected chi connectivity index (χ3v) is 3.21. The first kappa shape index (κ1) is 16.0. The molecule has 1 aromatic carbocycles. The van der Waals surface area contributed by atoms with Gasteiger partial charge in [-0.3, -0.25) is 4.79 Å². The smallest absolute Gasteiger partial charge is 0.287 e. The van der Waals surface area contributed by atoms with Gasteiger partial charge in [0.2, 0.25) is 0 Å². The van der Waals surface area contributed by atoms with Crippen LogP contribution in [-0.4, -0.2) is 19.0 Å². The van der Waals surface area contributed by atoms with Crippen molar-refractivity contribution in [3.05, 3.63) is 34.5 Å². The van der Waals surface area contributed by atoms with E-state index in [9.17, 15) is 4.79 Å². The fourth-order valence-corrected chi connectivity index (χ4v) is 1.94. The second-order valence-corrected chi connectivity index (χ2v) is 5.26. The van der Waals surface area contributed by atoms with Crippen LogP contribution in [0.1, 0.15) is 17.5 Å². The van der Waals surface area contributed by atoms with E-state index < -0.39 is 0 Å². The van der Waals surface area contributed by atoms with Crippen molar-refractivity contribution in [3.8, 4) is 0 Å². The Morgan fingerprint density at radius 3 is 2.89 bits per heavy atom. The van der Waals surface area contributed by atoms with Gasteiger partial charge < -0.3 is 15.5 Å². The second-order valence-electron chi connectivity index (χ2n) is 4.34. The molecule has 104 valence electrons. The number of furan rings is 1. The van der Waals surface area contributed by atoms with E-state index in [0.29, 0.717) is 24.4 Å². The van der Waals surface area contributed by atoms with Crippen LogP contribution in [0.25, 0.3) is 11.0 Å². The summed E-state index contributed by atoms with van der Waals surface area (Å²) in [6.45, 7) is 3.08. The van der Waals surface area contributed by atoms with Gasteiger partial charge in [-0.2, -0.15) is 0 Å². The van der Waals surface area contributed by atoms with Crippen LogP contribution < -0.4 is 11.1 Å². The zero-order valence-electron chi connectivity index (χ0n) is 10.5. The molecule has 0 radical (unpaired) electrons. The molecule has 2 aromatic rings. The van der Waals surface area contributed by atoms with Crippen molar-refractivity contribution in [3.63, 3.8) is 0 Å². The lowest BCUT2D eigenvalue weighted by atomic mass is 10.2. The summed E-state index contributed by atoms with van der Waals surface area (Å²) in [5, 5.41) is 3.70. The summed E-state index contributed by atoms with van der Waals surface area (Å²) in [4.78, 5) is 11.9. The van der Waals surface area contributed by atoms with Crippen molar-refractivity contribution in [1.82, 2.24) is 5.32 Å². The van der Waals surface area contributed by atoms with Gasteiger partial charge in [0.15, 0.2) is 5.76 Å². The number of halogens is 2. The molecule has 0 aliphatic rings. The lowest BCUT2D eigenvalue weighted by Gasteiger charge is -2.08. The Kier molecular flexibility index (Phi) is 5.85. The number of rotatable bonds is 4. The molecule has 4 nitrogen and oxygen atoms in total. The van der Waals surface area contributed by atoms with Gasteiger partial charge in [-0.15, -0.1) is 12.4 Å². The maximum Gasteiger partial charge on any atom is 0.287 e. The molecular formula is C13H16BrClN2O2. The Balaban J connectivity index is 0.00000180. The van der Waals surface area contributed by atoms with Gasteiger partial charge in [-0.05, 0) is 36.7 Å². The highest BCUT2D eigenvalue weighted by Crippen LogP contribution is 2.23. The lowest BCUT2D eigenvalue weighted by molar-refractivity contribution is 0.0923. The number of benzene rings is 1. The Morgan fingerprint density at radius 2 is 2.21 bits per heavy atom. The van der Waals surface area contributed by atoms with Gasteiger partial charge in [0, 0.05) is 16.4 Å². The average molecular weight is 348 g/mol. The second kappa shape index (κ2) is 6.93. The Bertz CT molecular complexity index is 571. The van der Waals surface area contributed by atoms with E-state index in [1.807, 2.05) is 25.1 Å². The van der Waals surface area contributed by atoms with E-state index in [4.69, 9.17) is 10.2 Å². The van der Waals surface area contributed by atoms with E-state index in [1.54, 1.807) is 6.07 Å². The fraction of sp³-hybridized carbons (Fsp3) is 0.308. The van der Waals surface area contributed by atoms with Crippen LogP contribution in [0.5, 0.6) is 0 Å². The van der Waals surface area contributed by atoms with Gasteiger partial charge in [0.1, 0.15) is 5.58 Å². The highest BCUT2D eigenvalue weighted by atomic mass is 79.9. The number of hydrogen-bond donors (Lipinski definition) is 2. The molecule has 0 saturated heterocycles. The molecule has 0 bridgehead atoms. The third kappa shape index (κ3) is 3.96. The normalized spacial score (nSPS) is 11.9. The van der Waals surface area contributed by atoms with Crippen LogP contribution in [0, 0.1) is 5.92 Å². The van der Waals surface area contributed by atoms with E-state index in [-0.39, 0.29) is 24.2 Å². The minimum absolute atomic E-state index is 0. The Hall–Kier alpha value is -1.04. The fourth-order valence-electron chi connectivity index (χ4n) is 1.56. The molecule has 1 unspecified atom stereocenters. The molecule has 3 N–H and O–H groups in total. The molecule has 1 amide bonds. The first-order chi connectivity index (χ1) is 8.60. The number of carbonyl (C=O) groups excluding carboxylic acids is 1. The first-order valence-electron chi connectivity index (χ1n) is 5.77. The summed E-state index contributed by atoms with van der Waals surface area (Å²) in [6, 6.07) is 7.36. The van der Waals surface area contributed by atoms with Crippen LogP contribution in [0.3, 0.4) is 0 Å². The molecule has 2 rings (SSSR count). The summed E-state index contributed by atoms with van der Waals surface area (Å²) in [5.41, 5.74) is 6.20. The van der Waals surface area contributed by atoms with Crippen LogP contribution in [-0.2, 0) is 0 Å². The van der Waals surface area contributed by atoms with Crippen LogP contribution >= 0.6 is 28.3 Å². The number of nitrogens with two attached hydrogens (primary N) is 1. The zero-order chi connectivity index (χ0) is 13.1. The maximum absolute atomic E-state index is 11.9. The quantitative estimate of drug-likeness (QED) is 0.893. The molecule has 0 spiro atoms. The number of amides is 1. The predicted octanol–water partition coefficient (Wildman–Crippen LogP) is 2.94. The average Bonchev–Trinajstić information content (AvgIpc) is 2.78. The van der Waals surface area contributed by atoms with E-state index in [0.717, 1.165) is 9.86 Å². The van der Waals surface area contributed by atoms with E-state index in [1.165, 1.54) is 0 Å². The molecule has 1 heterocycles. The number of fused-ring (bicyclic) bond motifs is 1. The third-order valence-electron chi connectivity index (χ3n) is 2.72. The SMILES string of the molecule is CC(CN)CNC(=O)c1cc2cc(Br)ccc2o1.Cl. The van der Waals surface area contributed by atoms with Gasteiger partial charge in [-0.1, -0.05) is 22.9 Å². The summed E-state index contributed by atoms with van der Waals surface area (Å²) in [6.07, 6.45) is 0. The summed E-state index contributed by atoms with van der Waals surface area (Å²) >= 11 is 3.38. The largest absolute Gasteiger partial charge is 0.451 e. The minimum atomic E-state index is -0.206. The van der Waals surface area contributed by atoms with Crippen molar-refractivity contribution >= 4 is 45.2 Å². The van der Waals surface area contributed by atoms with Crippen molar-refractivity contribution in [2.75, 3.05) is 13.1 Å². The Morgan fingerprint density at radius 1 is 1.47 bits per heavy atom. The summed E-state index contributed by atoms with van der Waals surface area (Å²) in [5.74, 6) is 0.377. The van der Waals surface area contributed by atoms with E-state index in [2.05, 4.69) is 21.2 Å². The first-order valence-corrected chi connectivity index (χ1v) is 6.57. The monoisotopic (exact) mass is 346 g/mol. The topological polar surface area (TPSA) is 68.3 Å². The van der Waals surface area contributed by atoms with Gasteiger partial charge in [-0.25, -0.2) is 0 Å². The number of carbonyl (C=O) groups is 1. The summed E-state index contributed by atoms with van der Waals surface area (Å²) < 4.78 is 6.44. The zero-order valence-corrected chi connectivity index (χ0v) is 12.9. The maximum atomic E-state index is 11.9. The Labute approximate surface area is 126 Å². The van der Waals surface area contributed by atoms with Crippen molar-refractivity contribution in [1.29, 1.82) is 0 Å². The standard InChI is InChI=1S/C13H15BrN2O2.ClH/c1-8(6-15)7-16-13(17)12-5-9-4-10(14)2-3-11(9)18-12;/h2-5,8H,6-7,15H2,1H3,(H,16,17);1H.